The summed E-state index contributed by atoms with van der Waals surface area (Å²) < 4.78 is 6.14. The lowest BCUT2D eigenvalue weighted by molar-refractivity contribution is 0.134. The highest BCUT2D eigenvalue weighted by Gasteiger charge is 2.31. The standard InChI is InChI=1S/C18H29NO/c1-6-19-12-15(18(3,4)5)11-16-10-14-9-13(2)7-8-17(14)20-16/h7-9,15-16,19H,6,10-12H2,1-5H3. The largest absolute Gasteiger partial charge is 0.490 e. The number of aryl methyl sites for hydroxylation is 1. The molecule has 0 radical (unpaired) electrons. The second kappa shape index (κ2) is 6.17. The van der Waals surface area contributed by atoms with Crippen LogP contribution >= 0.6 is 0 Å². The minimum absolute atomic E-state index is 0.316. The summed E-state index contributed by atoms with van der Waals surface area (Å²) in [5.41, 5.74) is 3.02. The second-order valence-electron chi connectivity index (χ2n) is 7.16. The molecule has 1 aliphatic heterocycles. The average Bonchev–Trinajstić information content (AvgIpc) is 2.74. The summed E-state index contributed by atoms with van der Waals surface area (Å²) in [6, 6.07) is 6.54. The van der Waals surface area contributed by atoms with Gasteiger partial charge in [0.15, 0.2) is 0 Å². The highest BCUT2D eigenvalue weighted by Crippen LogP contribution is 2.36. The van der Waals surface area contributed by atoms with Crippen LogP contribution in [0.25, 0.3) is 0 Å². The Hall–Kier alpha value is -1.02. The van der Waals surface area contributed by atoms with Crippen molar-refractivity contribution in [1.29, 1.82) is 0 Å². The molecule has 0 fully saturated rings. The Bertz CT molecular complexity index is 447. The molecule has 2 atom stereocenters. The first-order valence-corrected chi connectivity index (χ1v) is 7.87. The molecule has 2 rings (SSSR count). The zero-order valence-corrected chi connectivity index (χ0v) is 13.6. The second-order valence-corrected chi connectivity index (χ2v) is 7.16. The number of benzene rings is 1. The van der Waals surface area contributed by atoms with Crippen LogP contribution in [0.1, 0.15) is 45.2 Å². The van der Waals surface area contributed by atoms with Crippen molar-refractivity contribution in [2.75, 3.05) is 13.1 Å². The number of fused-ring (bicyclic) bond motifs is 1. The fraction of sp³-hybridized carbons (Fsp3) is 0.667. The Morgan fingerprint density at radius 2 is 2.10 bits per heavy atom. The minimum atomic E-state index is 0.316. The van der Waals surface area contributed by atoms with Gasteiger partial charge >= 0.3 is 0 Å². The Balaban J connectivity index is 1.99. The van der Waals surface area contributed by atoms with Gasteiger partial charge in [0.1, 0.15) is 11.9 Å². The van der Waals surface area contributed by atoms with Gasteiger partial charge in [0.05, 0.1) is 0 Å². The lowest BCUT2D eigenvalue weighted by Gasteiger charge is -2.32. The van der Waals surface area contributed by atoms with Gasteiger partial charge in [-0.15, -0.1) is 0 Å². The van der Waals surface area contributed by atoms with Crippen LogP contribution in [-0.2, 0) is 6.42 Å². The van der Waals surface area contributed by atoms with E-state index >= 15 is 0 Å². The fourth-order valence-electron chi connectivity index (χ4n) is 2.96. The molecule has 0 saturated carbocycles. The molecule has 1 N–H and O–H groups in total. The molecule has 1 aromatic rings. The highest BCUT2D eigenvalue weighted by atomic mass is 16.5. The van der Waals surface area contributed by atoms with Crippen LogP contribution in [0.3, 0.4) is 0 Å². The van der Waals surface area contributed by atoms with Crippen LogP contribution in [-0.4, -0.2) is 19.2 Å². The van der Waals surface area contributed by atoms with Crippen molar-refractivity contribution in [3.63, 3.8) is 0 Å². The van der Waals surface area contributed by atoms with Gasteiger partial charge in [-0.1, -0.05) is 45.4 Å². The van der Waals surface area contributed by atoms with Crippen LogP contribution in [0, 0.1) is 18.3 Å². The van der Waals surface area contributed by atoms with Crippen molar-refractivity contribution in [1.82, 2.24) is 5.32 Å². The topological polar surface area (TPSA) is 21.3 Å². The normalized spacial score (nSPS) is 19.6. The van der Waals surface area contributed by atoms with Gasteiger partial charge in [0.25, 0.3) is 0 Å². The third kappa shape index (κ3) is 3.76. The van der Waals surface area contributed by atoms with Crippen molar-refractivity contribution in [2.24, 2.45) is 11.3 Å². The van der Waals surface area contributed by atoms with E-state index in [1.807, 2.05) is 0 Å². The zero-order valence-electron chi connectivity index (χ0n) is 13.6. The summed E-state index contributed by atoms with van der Waals surface area (Å²) in [4.78, 5) is 0. The first kappa shape index (κ1) is 15.4. The van der Waals surface area contributed by atoms with Gasteiger partial charge in [-0.25, -0.2) is 0 Å². The fourth-order valence-corrected chi connectivity index (χ4v) is 2.96. The van der Waals surface area contributed by atoms with Crippen molar-refractivity contribution < 1.29 is 4.74 Å². The summed E-state index contributed by atoms with van der Waals surface area (Å²) in [5.74, 6) is 1.74. The van der Waals surface area contributed by atoms with Gasteiger partial charge < -0.3 is 10.1 Å². The van der Waals surface area contributed by atoms with E-state index in [1.54, 1.807) is 0 Å². The molecule has 1 heterocycles. The van der Waals surface area contributed by atoms with Gasteiger partial charge in [0, 0.05) is 6.42 Å². The van der Waals surface area contributed by atoms with Crippen molar-refractivity contribution in [3.8, 4) is 5.75 Å². The molecule has 1 aliphatic rings. The number of hydrogen-bond acceptors (Lipinski definition) is 2. The van der Waals surface area contributed by atoms with E-state index in [9.17, 15) is 0 Å². The number of nitrogens with one attached hydrogen (secondary N) is 1. The Kier molecular flexibility index (Phi) is 4.74. The SMILES string of the molecule is CCNCC(CC1Cc2cc(C)ccc2O1)C(C)(C)C. The molecule has 2 heteroatoms. The van der Waals surface area contributed by atoms with E-state index in [4.69, 9.17) is 4.74 Å². The zero-order chi connectivity index (χ0) is 14.8. The predicted octanol–water partition coefficient (Wildman–Crippen LogP) is 3.96. The summed E-state index contributed by atoms with van der Waals surface area (Å²) in [5, 5.41) is 3.50. The average molecular weight is 275 g/mol. The Morgan fingerprint density at radius 1 is 1.35 bits per heavy atom. The van der Waals surface area contributed by atoms with Gasteiger partial charge in [-0.2, -0.15) is 0 Å². The summed E-state index contributed by atoms with van der Waals surface area (Å²) in [7, 11) is 0. The molecule has 0 amide bonds. The third-order valence-corrected chi connectivity index (χ3v) is 4.37. The first-order valence-electron chi connectivity index (χ1n) is 7.87. The maximum atomic E-state index is 6.14. The molecule has 0 aliphatic carbocycles. The van der Waals surface area contributed by atoms with Crippen LogP contribution in [0.2, 0.25) is 0 Å². The van der Waals surface area contributed by atoms with E-state index in [0.29, 0.717) is 17.4 Å². The molecule has 0 spiro atoms. The van der Waals surface area contributed by atoms with Crippen LogP contribution in [0.4, 0.5) is 0 Å². The number of rotatable bonds is 5. The number of ether oxygens (including phenoxy) is 1. The molecular formula is C18H29NO. The van der Waals surface area contributed by atoms with E-state index in [-0.39, 0.29) is 0 Å². The summed E-state index contributed by atoms with van der Waals surface area (Å²) in [6.07, 6.45) is 2.54. The minimum Gasteiger partial charge on any atom is -0.490 e. The Morgan fingerprint density at radius 3 is 2.75 bits per heavy atom. The predicted molar refractivity (Wildman–Crippen MR) is 85.4 cm³/mol. The van der Waals surface area contributed by atoms with Crippen LogP contribution in [0.15, 0.2) is 18.2 Å². The Labute approximate surface area is 123 Å². The van der Waals surface area contributed by atoms with Gasteiger partial charge in [0.2, 0.25) is 0 Å². The molecule has 2 nitrogen and oxygen atoms in total. The lowest BCUT2D eigenvalue weighted by Crippen LogP contribution is -2.35. The van der Waals surface area contributed by atoms with E-state index in [1.165, 1.54) is 11.1 Å². The van der Waals surface area contributed by atoms with Gasteiger partial charge in [-0.05, 0) is 49.4 Å². The quantitative estimate of drug-likeness (QED) is 0.878. The molecular weight excluding hydrogens is 246 g/mol. The molecule has 0 saturated heterocycles. The first-order chi connectivity index (χ1) is 9.40. The molecule has 0 aromatic heterocycles. The van der Waals surface area contributed by atoms with Crippen LogP contribution in [0.5, 0.6) is 5.75 Å². The van der Waals surface area contributed by atoms with Gasteiger partial charge in [-0.3, -0.25) is 0 Å². The van der Waals surface area contributed by atoms with Crippen LogP contribution < -0.4 is 10.1 Å². The molecule has 20 heavy (non-hydrogen) atoms. The summed E-state index contributed by atoms with van der Waals surface area (Å²) in [6.45, 7) is 13.4. The third-order valence-electron chi connectivity index (χ3n) is 4.37. The lowest BCUT2D eigenvalue weighted by atomic mass is 9.77. The van der Waals surface area contributed by atoms with Crippen molar-refractivity contribution >= 4 is 0 Å². The molecule has 112 valence electrons. The van der Waals surface area contributed by atoms with E-state index in [0.717, 1.165) is 31.7 Å². The molecule has 0 bridgehead atoms. The van der Waals surface area contributed by atoms with E-state index < -0.39 is 0 Å². The monoisotopic (exact) mass is 275 g/mol. The van der Waals surface area contributed by atoms with Crippen molar-refractivity contribution in [3.05, 3.63) is 29.3 Å². The number of hydrogen-bond donors (Lipinski definition) is 1. The highest BCUT2D eigenvalue weighted by molar-refractivity contribution is 5.40. The maximum absolute atomic E-state index is 6.14. The smallest absolute Gasteiger partial charge is 0.123 e. The van der Waals surface area contributed by atoms with E-state index in [2.05, 4.69) is 58.1 Å². The van der Waals surface area contributed by atoms with Crippen molar-refractivity contribution in [2.45, 2.75) is 53.6 Å². The molecule has 2 unspecified atom stereocenters. The molecule has 1 aromatic carbocycles. The maximum Gasteiger partial charge on any atom is 0.123 e. The summed E-state index contributed by atoms with van der Waals surface area (Å²) >= 11 is 0.